The minimum absolute atomic E-state index is 0.0501. The van der Waals surface area contributed by atoms with Gasteiger partial charge in [-0.15, -0.1) is 5.10 Å². The molecule has 0 aliphatic carbocycles. The molecule has 1 atom stereocenters. The number of likely N-dealkylation sites (tertiary alicyclic amines) is 1. The molecule has 1 aliphatic rings. The highest BCUT2D eigenvalue weighted by molar-refractivity contribution is 5.93. The number of nitrogens with zero attached hydrogens (tertiary/aromatic N) is 4. The minimum Gasteiger partial charge on any atom is -0.326 e. The van der Waals surface area contributed by atoms with Gasteiger partial charge in [-0.25, -0.2) is 4.68 Å². The Labute approximate surface area is 165 Å². The molecule has 3 aromatic rings. The summed E-state index contributed by atoms with van der Waals surface area (Å²) in [5.74, 6) is 0.144. The van der Waals surface area contributed by atoms with Gasteiger partial charge in [0.15, 0.2) is 0 Å². The predicted octanol–water partition coefficient (Wildman–Crippen LogP) is 3.27. The van der Waals surface area contributed by atoms with E-state index in [0.29, 0.717) is 6.54 Å². The average molecular weight is 375 g/mol. The van der Waals surface area contributed by atoms with E-state index in [2.05, 4.69) is 39.7 Å². The van der Waals surface area contributed by atoms with Crippen LogP contribution in [0.4, 0.5) is 5.69 Å². The average Bonchev–Trinajstić information content (AvgIpc) is 3.17. The van der Waals surface area contributed by atoms with Gasteiger partial charge in [0.05, 0.1) is 18.7 Å². The molecule has 6 heteroatoms. The van der Waals surface area contributed by atoms with Gasteiger partial charge in [0.2, 0.25) is 5.91 Å². The summed E-state index contributed by atoms with van der Waals surface area (Å²) in [6, 6.07) is 18.0. The lowest BCUT2D eigenvalue weighted by molar-refractivity contribution is -0.121. The van der Waals surface area contributed by atoms with Crippen LogP contribution in [0.2, 0.25) is 0 Å². The Bertz CT molecular complexity index is 937. The quantitative estimate of drug-likeness (QED) is 0.743. The van der Waals surface area contributed by atoms with Gasteiger partial charge in [0.1, 0.15) is 5.69 Å². The van der Waals surface area contributed by atoms with E-state index in [-0.39, 0.29) is 11.8 Å². The Hall–Kier alpha value is -2.99. The first-order valence-electron chi connectivity index (χ1n) is 9.71. The summed E-state index contributed by atoms with van der Waals surface area (Å²) in [4.78, 5) is 14.8. The summed E-state index contributed by atoms with van der Waals surface area (Å²) >= 11 is 0. The largest absolute Gasteiger partial charge is 0.326 e. The molecule has 4 rings (SSSR count). The number of carbonyl (C=O) groups is 1. The van der Waals surface area contributed by atoms with Gasteiger partial charge in [-0.3, -0.25) is 4.79 Å². The first-order valence-corrected chi connectivity index (χ1v) is 9.71. The Morgan fingerprint density at radius 3 is 2.86 bits per heavy atom. The molecule has 1 unspecified atom stereocenters. The highest BCUT2D eigenvalue weighted by Gasteiger charge is 2.24. The molecule has 0 bridgehead atoms. The fourth-order valence-corrected chi connectivity index (χ4v) is 3.66. The Kier molecular flexibility index (Phi) is 5.48. The van der Waals surface area contributed by atoms with Gasteiger partial charge in [-0.05, 0) is 44.1 Å². The van der Waals surface area contributed by atoms with Crippen molar-refractivity contribution in [1.29, 1.82) is 0 Å². The van der Waals surface area contributed by atoms with E-state index < -0.39 is 0 Å². The summed E-state index contributed by atoms with van der Waals surface area (Å²) in [6.45, 7) is 2.57. The first-order chi connectivity index (χ1) is 13.7. The summed E-state index contributed by atoms with van der Waals surface area (Å²) in [5.41, 5.74) is 3.72. The van der Waals surface area contributed by atoms with Crippen molar-refractivity contribution in [3.05, 3.63) is 66.4 Å². The van der Waals surface area contributed by atoms with Crippen LogP contribution in [0, 0.1) is 5.92 Å². The summed E-state index contributed by atoms with van der Waals surface area (Å²) < 4.78 is 1.83. The topological polar surface area (TPSA) is 63.1 Å². The number of aromatic nitrogens is 3. The molecule has 1 fully saturated rings. The van der Waals surface area contributed by atoms with E-state index in [4.69, 9.17) is 0 Å². The van der Waals surface area contributed by atoms with E-state index in [1.54, 1.807) is 0 Å². The van der Waals surface area contributed by atoms with E-state index in [1.807, 2.05) is 53.3 Å². The lowest BCUT2D eigenvalue weighted by atomic mass is 9.97. The normalized spacial score (nSPS) is 17.4. The molecule has 2 aromatic carbocycles. The second kappa shape index (κ2) is 8.35. The molecule has 1 amide bonds. The van der Waals surface area contributed by atoms with Crippen molar-refractivity contribution in [3.8, 4) is 11.3 Å². The zero-order valence-corrected chi connectivity index (χ0v) is 16.1. The smallest absolute Gasteiger partial charge is 0.228 e. The standard InChI is InChI=1S/C22H25N5O/c1-26-12-6-10-19(15-26)22(28)23-20-11-5-9-18(13-20)21-16-27(25-24-21)14-17-7-3-2-4-8-17/h2-5,7-9,11,13,16,19H,6,10,12,14-15H2,1H3,(H,23,28). The Morgan fingerprint density at radius 2 is 2.04 bits per heavy atom. The van der Waals surface area contributed by atoms with Gasteiger partial charge in [0, 0.05) is 17.8 Å². The van der Waals surface area contributed by atoms with Crippen LogP contribution in [-0.4, -0.2) is 45.9 Å². The maximum absolute atomic E-state index is 12.6. The van der Waals surface area contributed by atoms with Crippen LogP contribution >= 0.6 is 0 Å². The maximum atomic E-state index is 12.6. The number of nitrogens with one attached hydrogen (secondary N) is 1. The van der Waals surface area contributed by atoms with Crippen LogP contribution in [0.1, 0.15) is 18.4 Å². The zero-order valence-electron chi connectivity index (χ0n) is 16.1. The minimum atomic E-state index is 0.0501. The molecule has 28 heavy (non-hydrogen) atoms. The van der Waals surface area contributed by atoms with Gasteiger partial charge in [0.25, 0.3) is 0 Å². The van der Waals surface area contributed by atoms with Gasteiger partial charge in [-0.2, -0.15) is 0 Å². The molecule has 1 N–H and O–H groups in total. The molecule has 1 saturated heterocycles. The summed E-state index contributed by atoms with van der Waals surface area (Å²) in [7, 11) is 2.07. The third kappa shape index (κ3) is 4.46. The van der Waals surface area contributed by atoms with Gasteiger partial charge in [-0.1, -0.05) is 47.7 Å². The van der Waals surface area contributed by atoms with Crippen molar-refractivity contribution in [2.75, 3.05) is 25.5 Å². The molecule has 1 aromatic heterocycles. The number of carbonyl (C=O) groups excluding carboxylic acids is 1. The summed E-state index contributed by atoms with van der Waals surface area (Å²) in [6.07, 6.45) is 3.95. The Morgan fingerprint density at radius 1 is 1.18 bits per heavy atom. The van der Waals surface area contributed by atoms with E-state index in [1.165, 1.54) is 5.56 Å². The number of amides is 1. The monoisotopic (exact) mass is 375 g/mol. The fourth-order valence-electron chi connectivity index (χ4n) is 3.66. The predicted molar refractivity (Wildman–Crippen MR) is 110 cm³/mol. The van der Waals surface area contributed by atoms with Crippen LogP contribution in [-0.2, 0) is 11.3 Å². The zero-order chi connectivity index (χ0) is 19.3. The van der Waals surface area contributed by atoms with Gasteiger partial charge < -0.3 is 10.2 Å². The van der Waals surface area contributed by atoms with Gasteiger partial charge >= 0.3 is 0 Å². The molecule has 0 spiro atoms. The number of piperidine rings is 1. The fraction of sp³-hybridized carbons (Fsp3) is 0.318. The molecule has 144 valence electrons. The second-order valence-corrected chi connectivity index (χ2v) is 7.46. The van der Waals surface area contributed by atoms with Crippen molar-refractivity contribution in [1.82, 2.24) is 19.9 Å². The maximum Gasteiger partial charge on any atom is 0.228 e. The number of rotatable bonds is 5. The van der Waals surface area contributed by atoms with Crippen molar-refractivity contribution < 1.29 is 4.79 Å². The van der Waals surface area contributed by atoms with Crippen LogP contribution in [0.5, 0.6) is 0 Å². The summed E-state index contributed by atoms with van der Waals surface area (Å²) in [5, 5.41) is 11.6. The molecular formula is C22H25N5O. The Balaban J connectivity index is 1.44. The number of benzene rings is 2. The van der Waals surface area contributed by atoms with Crippen LogP contribution in [0.3, 0.4) is 0 Å². The highest BCUT2D eigenvalue weighted by atomic mass is 16.1. The molecule has 1 aliphatic heterocycles. The van der Waals surface area contributed by atoms with Crippen LogP contribution in [0.25, 0.3) is 11.3 Å². The molecule has 0 radical (unpaired) electrons. The molecule has 6 nitrogen and oxygen atoms in total. The molecule has 0 saturated carbocycles. The number of hydrogen-bond acceptors (Lipinski definition) is 4. The second-order valence-electron chi connectivity index (χ2n) is 7.46. The van der Waals surface area contributed by atoms with E-state index in [9.17, 15) is 4.79 Å². The molecular weight excluding hydrogens is 350 g/mol. The van der Waals surface area contributed by atoms with E-state index >= 15 is 0 Å². The third-order valence-electron chi connectivity index (χ3n) is 5.15. The first kappa shape index (κ1) is 18.4. The lowest BCUT2D eigenvalue weighted by Gasteiger charge is -2.28. The number of anilines is 1. The van der Waals surface area contributed by atoms with Crippen LogP contribution < -0.4 is 5.32 Å². The SMILES string of the molecule is CN1CCCC(C(=O)Nc2cccc(-c3cn(Cc4ccccc4)nn3)c2)C1. The third-order valence-corrected chi connectivity index (χ3v) is 5.15. The lowest BCUT2D eigenvalue weighted by Crippen LogP contribution is -2.38. The van der Waals surface area contributed by atoms with E-state index in [0.717, 1.165) is 42.9 Å². The highest BCUT2D eigenvalue weighted by Crippen LogP contribution is 2.22. The van der Waals surface area contributed by atoms with Crippen molar-refractivity contribution in [2.45, 2.75) is 19.4 Å². The number of hydrogen-bond donors (Lipinski definition) is 1. The van der Waals surface area contributed by atoms with Crippen LogP contribution in [0.15, 0.2) is 60.8 Å². The van der Waals surface area contributed by atoms with Crippen molar-refractivity contribution in [3.63, 3.8) is 0 Å². The van der Waals surface area contributed by atoms with Crippen molar-refractivity contribution >= 4 is 11.6 Å². The molecule has 2 heterocycles. The van der Waals surface area contributed by atoms with Crippen molar-refractivity contribution in [2.24, 2.45) is 5.92 Å².